The molecule has 1 aromatic carbocycles. The van der Waals surface area contributed by atoms with Crippen molar-refractivity contribution in [2.75, 3.05) is 37.7 Å². The third-order valence-corrected chi connectivity index (χ3v) is 6.38. The van der Waals surface area contributed by atoms with Crippen LogP contribution in [0, 0.1) is 0 Å². The van der Waals surface area contributed by atoms with Gasteiger partial charge in [-0.3, -0.25) is 9.59 Å². The lowest BCUT2D eigenvalue weighted by atomic mass is 10.1. The summed E-state index contributed by atoms with van der Waals surface area (Å²) < 4.78 is 61.9. The topological polar surface area (TPSA) is 74.8 Å². The van der Waals surface area contributed by atoms with E-state index in [1.54, 1.807) is 0 Å². The molecule has 0 N–H and O–H groups in total. The molecule has 1 aromatic rings. The van der Waals surface area contributed by atoms with Crippen molar-refractivity contribution >= 4 is 21.7 Å². The van der Waals surface area contributed by atoms with Crippen LogP contribution in [0.4, 0.5) is 13.2 Å². The first-order valence-corrected chi connectivity index (χ1v) is 11.3. The fourth-order valence-electron chi connectivity index (χ4n) is 3.07. The molecule has 0 aliphatic carbocycles. The van der Waals surface area contributed by atoms with Crippen molar-refractivity contribution in [1.82, 2.24) is 9.80 Å². The van der Waals surface area contributed by atoms with Gasteiger partial charge in [-0.15, -0.1) is 0 Å². The van der Waals surface area contributed by atoms with Gasteiger partial charge in [0.05, 0.1) is 11.3 Å². The zero-order chi connectivity index (χ0) is 21.7. The Bertz CT molecular complexity index is 815. The van der Waals surface area contributed by atoms with Gasteiger partial charge in [0, 0.05) is 31.7 Å². The second-order valence-corrected chi connectivity index (χ2v) is 9.23. The van der Waals surface area contributed by atoms with Gasteiger partial charge in [-0.25, -0.2) is 8.42 Å². The Morgan fingerprint density at radius 2 is 1.52 bits per heavy atom. The molecule has 2 rings (SSSR count). The first-order chi connectivity index (χ1) is 13.5. The highest BCUT2D eigenvalue weighted by molar-refractivity contribution is 7.92. The highest BCUT2D eigenvalue weighted by Crippen LogP contribution is 2.29. The summed E-state index contributed by atoms with van der Waals surface area (Å²) in [5.74, 6) is -1.45. The number of unbranched alkanes of at least 4 members (excludes halogenated alkanes) is 2. The summed E-state index contributed by atoms with van der Waals surface area (Å²) in [5, 5.41) is 0. The Kier molecular flexibility index (Phi) is 7.67. The number of carbonyl (C=O) groups excluding carboxylic acids is 2. The van der Waals surface area contributed by atoms with Crippen LogP contribution in [-0.2, 0) is 20.8 Å². The van der Waals surface area contributed by atoms with Crippen LogP contribution >= 0.6 is 0 Å². The van der Waals surface area contributed by atoms with Crippen molar-refractivity contribution in [3.63, 3.8) is 0 Å². The average molecular weight is 434 g/mol. The van der Waals surface area contributed by atoms with Crippen LogP contribution in [0.5, 0.6) is 0 Å². The minimum absolute atomic E-state index is 0.0149. The zero-order valence-corrected chi connectivity index (χ0v) is 17.1. The lowest BCUT2D eigenvalue weighted by molar-refractivity contribution is -0.137. The second-order valence-electron chi connectivity index (χ2n) is 7.05. The Balaban J connectivity index is 1.88. The van der Waals surface area contributed by atoms with Gasteiger partial charge in [0.25, 0.3) is 5.91 Å². The lowest BCUT2D eigenvalue weighted by Crippen LogP contribution is -2.51. The molecule has 1 saturated heterocycles. The quantitative estimate of drug-likeness (QED) is 0.619. The first-order valence-electron chi connectivity index (χ1n) is 9.48. The van der Waals surface area contributed by atoms with Gasteiger partial charge in [-0.2, -0.15) is 13.2 Å². The third-order valence-electron chi connectivity index (χ3n) is 4.78. The van der Waals surface area contributed by atoms with Crippen molar-refractivity contribution in [1.29, 1.82) is 0 Å². The molecule has 0 saturated carbocycles. The van der Waals surface area contributed by atoms with Crippen molar-refractivity contribution in [3.05, 3.63) is 35.4 Å². The number of rotatable bonds is 7. The second kappa shape index (κ2) is 9.60. The molecule has 29 heavy (non-hydrogen) atoms. The molecule has 0 atom stereocenters. The number of halogens is 3. The normalized spacial score (nSPS) is 15.4. The van der Waals surface area contributed by atoms with E-state index in [0.29, 0.717) is 6.42 Å². The maximum atomic E-state index is 12.6. The van der Waals surface area contributed by atoms with Gasteiger partial charge in [0.2, 0.25) is 5.91 Å². The van der Waals surface area contributed by atoms with Gasteiger partial charge in [0.15, 0.2) is 9.84 Å². The number of amides is 2. The van der Waals surface area contributed by atoms with Crippen molar-refractivity contribution in [3.8, 4) is 0 Å². The molecule has 10 heteroatoms. The number of hydrogen-bond acceptors (Lipinski definition) is 4. The van der Waals surface area contributed by atoms with E-state index >= 15 is 0 Å². The monoisotopic (exact) mass is 434 g/mol. The molecule has 0 radical (unpaired) electrons. The molecule has 1 fully saturated rings. The smallest absolute Gasteiger partial charge is 0.338 e. The van der Waals surface area contributed by atoms with E-state index in [4.69, 9.17) is 0 Å². The van der Waals surface area contributed by atoms with E-state index in [1.807, 2.05) is 6.92 Å². The summed E-state index contributed by atoms with van der Waals surface area (Å²) in [6, 6.07) is 3.98. The van der Waals surface area contributed by atoms with Gasteiger partial charge in [-0.1, -0.05) is 19.8 Å². The number of alkyl halides is 3. The van der Waals surface area contributed by atoms with E-state index in [-0.39, 0.29) is 37.5 Å². The summed E-state index contributed by atoms with van der Waals surface area (Å²) in [7, 11) is -3.46. The van der Waals surface area contributed by atoms with E-state index < -0.39 is 39.1 Å². The van der Waals surface area contributed by atoms with E-state index in [0.717, 1.165) is 37.1 Å². The Labute approximate surface area is 168 Å². The summed E-state index contributed by atoms with van der Waals surface area (Å²) in [5.41, 5.74) is -0.694. The van der Waals surface area contributed by atoms with Gasteiger partial charge in [-0.05, 0) is 30.7 Å². The minimum Gasteiger partial charge on any atom is -0.338 e. The van der Waals surface area contributed by atoms with E-state index in [2.05, 4.69) is 0 Å². The summed E-state index contributed by atoms with van der Waals surface area (Å²) >= 11 is 0. The maximum absolute atomic E-state index is 12.6. The zero-order valence-electron chi connectivity index (χ0n) is 16.2. The van der Waals surface area contributed by atoms with Gasteiger partial charge < -0.3 is 9.80 Å². The van der Waals surface area contributed by atoms with Crippen LogP contribution in [0.1, 0.15) is 42.1 Å². The molecule has 0 bridgehead atoms. The van der Waals surface area contributed by atoms with E-state index in [9.17, 15) is 31.2 Å². The number of piperazine rings is 1. The number of carbonyl (C=O) groups is 2. The fourth-order valence-corrected chi connectivity index (χ4v) is 4.41. The highest BCUT2D eigenvalue weighted by atomic mass is 32.2. The number of benzene rings is 1. The molecule has 1 heterocycles. The molecule has 6 nitrogen and oxygen atoms in total. The lowest BCUT2D eigenvalue weighted by Gasteiger charge is -2.34. The highest BCUT2D eigenvalue weighted by Gasteiger charge is 2.31. The summed E-state index contributed by atoms with van der Waals surface area (Å²) in [4.78, 5) is 27.6. The predicted octanol–water partition coefficient (Wildman–Crippen LogP) is 2.59. The number of sulfone groups is 1. The van der Waals surface area contributed by atoms with E-state index in [1.165, 1.54) is 9.80 Å². The molecule has 0 unspecified atom stereocenters. The van der Waals surface area contributed by atoms with Crippen LogP contribution in [0.3, 0.4) is 0 Å². The SMILES string of the molecule is CCCCCS(=O)(=O)CC(=O)N1CCN(C(=O)c2ccc(C(F)(F)F)cc2)CC1. The molecule has 1 aliphatic heterocycles. The number of hydrogen-bond donors (Lipinski definition) is 0. The van der Waals surface area contributed by atoms with Crippen molar-refractivity contribution in [2.45, 2.75) is 32.4 Å². The summed E-state index contributed by atoms with van der Waals surface area (Å²) in [6.07, 6.45) is -2.26. The Hall–Kier alpha value is -2.10. The molecular weight excluding hydrogens is 409 g/mol. The third kappa shape index (κ3) is 6.73. The van der Waals surface area contributed by atoms with Crippen LogP contribution in [0.25, 0.3) is 0 Å². The molecule has 2 amide bonds. The van der Waals surface area contributed by atoms with Crippen molar-refractivity contribution < 1.29 is 31.2 Å². The largest absolute Gasteiger partial charge is 0.416 e. The average Bonchev–Trinajstić information content (AvgIpc) is 2.66. The molecule has 0 spiro atoms. The fraction of sp³-hybridized carbons (Fsp3) is 0.579. The predicted molar refractivity (Wildman–Crippen MR) is 102 cm³/mol. The van der Waals surface area contributed by atoms with Crippen LogP contribution in [0.15, 0.2) is 24.3 Å². The Morgan fingerprint density at radius 1 is 0.966 bits per heavy atom. The number of nitrogens with zero attached hydrogens (tertiary/aromatic N) is 2. The standard InChI is InChI=1S/C19H25F3N2O4S/c1-2-3-4-13-29(27,28)14-17(25)23-9-11-24(12-10-23)18(26)15-5-7-16(8-6-15)19(20,21)22/h5-8H,2-4,9-14H2,1H3. The van der Waals surface area contributed by atoms with Crippen molar-refractivity contribution in [2.24, 2.45) is 0 Å². The molecule has 1 aliphatic rings. The van der Waals surface area contributed by atoms with Gasteiger partial charge in [0.1, 0.15) is 5.75 Å². The maximum Gasteiger partial charge on any atom is 0.416 e. The molecular formula is C19H25F3N2O4S. The Morgan fingerprint density at radius 3 is 2.03 bits per heavy atom. The van der Waals surface area contributed by atoms with Crippen LogP contribution in [0.2, 0.25) is 0 Å². The minimum atomic E-state index is -4.47. The van der Waals surface area contributed by atoms with Gasteiger partial charge >= 0.3 is 6.18 Å². The molecule has 162 valence electrons. The molecule has 0 aromatic heterocycles. The summed E-state index contributed by atoms with van der Waals surface area (Å²) in [6.45, 7) is 2.73. The van der Waals surface area contributed by atoms with Crippen LogP contribution in [-0.4, -0.2) is 67.7 Å². The van der Waals surface area contributed by atoms with Crippen LogP contribution < -0.4 is 0 Å². The first kappa shape index (κ1) is 23.2.